The number of H-pyrrole nitrogens is 1. The second kappa shape index (κ2) is 5.29. The molecule has 3 heterocycles. The fraction of sp³-hybridized carbons (Fsp3) is 0.389. The Bertz CT molecular complexity index is 760. The SMILES string of the molecule is Cc1[nH]c2ccccc2c1C1=CCN(C2CCOC2=O)CC1. The number of benzene rings is 1. The number of aryl methyl sites for hydroxylation is 1. The molecule has 0 bridgehead atoms. The highest BCUT2D eigenvalue weighted by Gasteiger charge is 2.33. The number of para-hydroxylation sites is 1. The predicted octanol–water partition coefficient (Wildman–Crippen LogP) is 2.88. The number of fused-ring (bicyclic) bond motifs is 1. The molecule has 1 atom stereocenters. The van der Waals surface area contributed by atoms with Gasteiger partial charge in [0.1, 0.15) is 6.04 Å². The number of hydrogen-bond donors (Lipinski definition) is 1. The summed E-state index contributed by atoms with van der Waals surface area (Å²) >= 11 is 0. The number of aromatic amines is 1. The lowest BCUT2D eigenvalue weighted by molar-refractivity contribution is -0.142. The molecule has 2 aliphatic rings. The molecule has 0 saturated carbocycles. The van der Waals surface area contributed by atoms with E-state index in [4.69, 9.17) is 4.74 Å². The van der Waals surface area contributed by atoms with E-state index in [-0.39, 0.29) is 12.0 Å². The van der Waals surface area contributed by atoms with Crippen molar-refractivity contribution < 1.29 is 9.53 Å². The molecule has 0 radical (unpaired) electrons. The lowest BCUT2D eigenvalue weighted by atomic mass is 9.96. The van der Waals surface area contributed by atoms with Crippen LogP contribution in [-0.2, 0) is 9.53 Å². The average Bonchev–Trinajstić information content (AvgIpc) is 3.10. The minimum absolute atomic E-state index is 0.0399. The summed E-state index contributed by atoms with van der Waals surface area (Å²) in [5.41, 5.74) is 5.14. The molecule has 4 heteroatoms. The van der Waals surface area contributed by atoms with E-state index in [1.54, 1.807) is 0 Å². The number of carbonyl (C=O) groups excluding carboxylic acids is 1. The summed E-state index contributed by atoms with van der Waals surface area (Å²) < 4.78 is 5.09. The van der Waals surface area contributed by atoms with Crippen LogP contribution in [-0.4, -0.2) is 41.6 Å². The van der Waals surface area contributed by atoms with Gasteiger partial charge in [-0.05, 0) is 25.0 Å². The van der Waals surface area contributed by atoms with Gasteiger partial charge in [-0.2, -0.15) is 0 Å². The van der Waals surface area contributed by atoms with Gasteiger partial charge < -0.3 is 9.72 Å². The van der Waals surface area contributed by atoms with Gasteiger partial charge in [-0.25, -0.2) is 0 Å². The molecule has 1 fully saturated rings. The molecule has 4 nitrogen and oxygen atoms in total. The largest absolute Gasteiger partial charge is 0.464 e. The number of esters is 1. The van der Waals surface area contributed by atoms with Crippen molar-refractivity contribution >= 4 is 22.4 Å². The highest BCUT2D eigenvalue weighted by molar-refractivity contribution is 5.94. The normalized spacial score (nSPS) is 22.9. The first-order valence-electron chi connectivity index (χ1n) is 7.91. The molecule has 22 heavy (non-hydrogen) atoms. The van der Waals surface area contributed by atoms with Crippen molar-refractivity contribution in [1.82, 2.24) is 9.88 Å². The Labute approximate surface area is 129 Å². The molecule has 2 aliphatic heterocycles. The van der Waals surface area contributed by atoms with Gasteiger partial charge in [-0.1, -0.05) is 24.3 Å². The summed E-state index contributed by atoms with van der Waals surface area (Å²) in [7, 11) is 0. The van der Waals surface area contributed by atoms with Gasteiger partial charge in [0.05, 0.1) is 6.61 Å². The molecular formula is C18H20N2O2. The van der Waals surface area contributed by atoms with Crippen LogP contribution in [0.15, 0.2) is 30.3 Å². The van der Waals surface area contributed by atoms with E-state index in [1.807, 2.05) is 0 Å². The first-order valence-corrected chi connectivity index (χ1v) is 7.91. The van der Waals surface area contributed by atoms with Crippen molar-refractivity contribution in [3.8, 4) is 0 Å². The molecule has 1 saturated heterocycles. The number of nitrogens with one attached hydrogen (secondary N) is 1. The van der Waals surface area contributed by atoms with E-state index in [9.17, 15) is 4.79 Å². The van der Waals surface area contributed by atoms with E-state index in [1.165, 1.54) is 27.7 Å². The van der Waals surface area contributed by atoms with E-state index in [2.05, 4.69) is 47.1 Å². The van der Waals surface area contributed by atoms with Crippen molar-refractivity contribution in [2.75, 3.05) is 19.7 Å². The molecule has 4 rings (SSSR count). The number of rotatable bonds is 2. The van der Waals surface area contributed by atoms with E-state index < -0.39 is 0 Å². The molecular weight excluding hydrogens is 276 g/mol. The van der Waals surface area contributed by atoms with Crippen molar-refractivity contribution in [2.24, 2.45) is 0 Å². The zero-order valence-corrected chi connectivity index (χ0v) is 12.8. The molecule has 114 valence electrons. The van der Waals surface area contributed by atoms with Gasteiger partial charge in [0, 0.05) is 41.7 Å². The van der Waals surface area contributed by atoms with Crippen LogP contribution >= 0.6 is 0 Å². The standard InChI is InChI=1S/C18H20N2O2/c1-12-17(14-4-2-3-5-15(14)19-12)13-6-9-20(10-7-13)16-8-11-22-18(16)21/h2-6,16,19H,7-11H2,1H3. The zero-order chi connectivity index (χ0) is 15.1. The van der Waals surface area contributed by atoms with Crippen LogP contribution in [0, 0.1) is 6.92 Å². The number of carbonyl (C=O) groups is 1. The third-order valence-electron chi connectivity index (χ3n) is 4.80. The lowest BCUT2D eigenvalue weighted by Crippen LogP contribution is -2.41. The Hall–Kier alpha value is -2.07. The molecule has 0 spiro atoms. The number of hydrogen-bond acceptors (Lipinski definition) is 3. The minimum Gasteiger partial charge on any atom is -0.464 e. The number of nitrogens with zero attached hydrogens (tertiary/aromatic N) is 1. The third-order valence-corrected chi connectivity index (χ3v) is 4.80. The smallest absolute Gasteiger partial charge is 0.323 e. The van der Waals surface area contributed by atoms with E-state index in [0.29, 0.717) is 6.61 Å². The zero-order valence-electron chi connectivity index (χ0n) is 12.8. The molecule has 0 aliphatic carbocycles. The Morgan fingerprint density at radius 3 is 2.91 bits per heavy atom. The summed E-state index contributed by atoms with van der Waals surface area (Å²) in [6, 6.07) is 8.40. The Balaban J connectivity index is 1.62. The lowest BCUT2D eigenvalue weighted by Gasteiger charge is -2.29. The predicted molar refractivity (Wildman–Crippen MR) is 86.6 cm³/mol. The van der Waals surface area contributed by atoms with Crippen LogP contribution in [0.1, 0.15) is 24.1 Å². The average molecular weight is 296 g/mol. The Morgan fingerprint density at radius 1 is 1.32 bits per heavy atom. The van der Waals surface area contributed by atoms with Crippen LogP contribution in [0.25, 0.3) is 16.5 Å². The van der Waals surface area contributed by atoms with Crippen LogP contribution in [0.2, 0.25) is 0 Å². The van der Waals surface area contributed by atoms with Gasteiger partial charge in [0.15, 0.2) is 0 Å². The van der Waals surface area contributed by atoms with Crippen LogP contribution in [0.5, 0.6) is 0 Å². The van der Waals surface area contributed by atoms with E-state index in [0.717, 1.165) is 25.9 Å². The van der Waals surface area contributed by atoms with Crippen molar-refractivity contribution in [1.29, 1.82) is 0 Å². The monoisotopic (exact) mass is 296 g/mol. The molecule has 0 amide bonds. The fourth-order valence-corrected chi connectivity index (χ4v) is 3.70. The highest BCUT2D eigenvalue weighted by atomic mass is 16.5. The van der Waals surface area contributed by atoms with Gasteiger partial charge in [-0.3, -0.25) is 9.69 Å². The summed E-state index contributed by atoms with van der Waals surface area (Å²) in [6.07, 6.45) is 4.08. The summed E-state index contributed by atoms with van der Waals surface area (Å²) in [5.74, 6) is -0.0554. The number of aromatic nitrogens is 1. The van der Waals surface area contributed by atoms with Gasteiger partial charge in [0.2, 0.25) is 0 Å². The molecule has 1 aromatic carbocycles. The Morgan fingerprint density at radius 2 is 2.18 bits per heavy atom. The van der Waals surface area contributed by atoms with Crippen molar-refractivity contribution in [2.45, 2.75) is 25.8 Å². The fourth-order valence-electron chi connectivity index (χ4n) is 3.70. The molecule has 1 N–H and O–H groups in total. The summed E-state index contributed by atoms with van der Waals surface area (Å²) in [5, 5.41) is 1.29. The van der Waals surface area contributed by atoms with Gasteiger partial charge in [0.25, 0.3) is 0 Å². The first-order chi connectivity index (χ1) is 10.7. The highest BCUT2D eigenvalue weighted by Crippen LogP contribution is 2.33. The minimum atomic E-state index is -0.0554. The molecule has 1 aromatic heterocycles. The van der Waals surface area contributed by atoms with Crippen molar-refractivity contribution in [3.05, 3.63) is 41.6 Å². The quantitative estimate of drug-likeness (QED) is 0.867. The van der Waals surface area contributed by atoms with Gasteiger partial charge in [-0.15, -0.1) is 0 Å². The molecule has 2 aromatic rings. The van der Waals surface area contributed by atoms with Crippen LogP contribution in [0.3, 0.4) is 0 Å². The Kier molecular flexibility index (Phi) is 3.26. The van der Waals surface area contributed by atoms with Gasteiger partial charge >= 0.3 is 5.97 Å². The maximum Gasteiger partial charge on any atom is 0.323 e. The van der Waals surface area contributed by atoms with Crippen molar-refractivity contribution in [3.63, 3.8) is 0 Å². The number of ether oxygens (including phenoxy) is 1. The maximum atomic E-state index is 11.7. The second-order valence-electron chi connectivity index (χ2n) is 6.12. The number of cyclic esters (lactones) is 1. The molecule has 1 unspecified atom stereocenters. The van der Waals surface area contributed by atoms with Crippen LogP contribution < -0.4 is 0 Å². The van der Waals surface area contributed by atoms with Crippen LogP contribution in [0.4, 0.5) is 0 Å². The third kappa shape index (κ3) is 2.15. The first kappa shape index (κ1) is 13.6. The van der Waals surface area contributed by atoms with E-state index >= 15 is 0 Å². The summed E-state index contributed by atoms with van der Waals surface area (Å²) in [6.45, 7) is 4.45. The summed E-state index contributed by atoms with van der Waals surface area (Å²) in [4.78, 5) is 17.4. The topological polar surface area (TPSA) is 45.3 Å². The second-order valence-corrected chi connectivity index (χ2v) is 6.12. The maximum absolute atomic E-state index is 11.7.